The molecule has 0 fully saturated rings. The van der Waals surface area contributed by atoms with Crippen LogP contribution in [0.15, 0.2) is 36.5 Å². The highest BCUT2D eigenvalue weighted by Gasteiger charge is 2.40. The predicted molar refractivity (Wildman–Crippen MR) is 75.8 cm³/mol. The quantitative estimate of drug-likeness (QED) is 0.914. The van der Waals surface area contributed by atoms with Crippen LogP contribution in [-0.4, -0.2) is 10.1 Å². The smallest absolute Gasteiger partial charge is 0.164 e. The van der Waals surface area contributed by atoms with Gasteiger partial charge in [-0.2, -0.15) is 0 Å². The van der Waals surface area contributed by atoms with Gasteiger partial charge in [0.2, 0.25) is 0 Å². The SMILES string of the molecule is CC(O)(c1cccc(F)c1F)C1CCCc2cccnc21. The van der Waals surface area contributed by atoms with E-state index < -0.39 is 17.2 Å². The second kappa shape index (κ2) is 5.19. The Balaban J connectivity index is 2.09. The van der Waals surface area contributed by atoms with Crippen LogP contribution in [-0.2, 0) is 12.0 Å². The Kier molecular flexibility index (Phi) is 3.49. The number of aromatic nitrogens is 1. The van der Waals surface area contributed by atoms with E-state index in [1.54, 1.807) is 13.1 Å². The van der Waals surface area contributed by atoms with E-state index in [4.69, 9.17) is 0 Å². The summed E-state index contributed by atoms with van der Waals surface area (Å²) in [5, 5.41) is 10.9. The maximum Gasteiger partial charge on any atom is 0.164 e. The standard InChI is InChI=1S/C17H17F2NO/c1-17(21,12-7-3-9-14(18)15(12)19)13-8-2-5-11-6-4-10-20-16(11)13/h3-4,6-7,9-10,13,21H,2,5,8H2,1H3. The van der Waals surface area contributed by atoms with Gasteiger partial charge in [-0.15, -0.1) is 0 Å². The van der Waals surface area contributed by atoms with Gasteiger partial charge in [-0.1, -0.05) is 18.2 Å². The number of aryl methyl sites for hydroxylation is 1. The molecule has 2 nitrogen and oxygen atoms in total. The largest absolute Gasteiger partial charge is 0.385 e. The van der Waals surface area contributed by atoms with Gasteiger partial charge in [0.15, 0.2) is 11.6 Å². The van der Waals surface area contributed by atoms with E-state index in [9.17, 15) is 13.9 Å². The first-order valence-electron chi connectivity index (χ1n) is 7.12. The van der Waals surface area contributed by atoms with Crippen molar-refractivity contribution in [2.45, 2.75) is 37.7 Å². The van der Waals surface area contributed by atoms with Crippen molar-refractivity contribution in [2.75, 3.05) is 0 Å². The monoisotopic (exact) mass is 289 g/mol. The molecule has 21 heavy (non-hydrogen) atoms. The number of nitrogens with zero attached hydrogens (tertiary/aromatic N) is 1. The van der Waals surface area contributed by atoms with Crippen LogP contribution >= 0.6 is 0 Å². The maximum atomic E-state index is 14.1. The van der Waals surface area contributed by atoms with Crippen molar-refractivity contribution in [2.24, 2.45) is 0 Å². The summed E-state index contributed by atoms with van der Waals surface area (Å²) in [7, 11) is 0. The first-order valence-corrected chi connectivity index (χ1v) is 7.12. The Morgan fingerprint density at radius 3 is 2.86 bits per heavy atom. The van der Waals surface area contributed by atoms with Crippen LogP contribution in [0.25, 0.3) is 0 Å². The summed E-state index contributed by atoms with van der Waals surface area (Å²) in [6.45, 7) is 1.54. The summed E-state index contributed by atoms with van der Waals surface area (Å²) < 4.78 is 27.5. The number of benzene rings is 1. The third kappa shape index (κ3) is 2.33. The number of rotatable bonds is 2. The lowest BCUT2D eigenvalue weighted by Crippen LogP contribution is -2.34. The fourth-order valence-corrected chi connectivity index (χ4v) is 3.24. The number of hydrogen-bond acceptors (Lipinski definition) is 2. The Morgan fingerprint density at radius 2 is 2.05 bits per heavy atom. The van der Waals surface area contributed by atoms with Crippen LogP contribution in [0.2, 0.25) is 0 Å². The minimum atomic E-state index is -1.49. The number of aliphatic hydroxyl groups is 1. The van der Waals surface area contributed by atoms with E-state index in [0.29, 0.717) is 6.42 Å². The zero-order valence-electron chi connectivity index (χ0n) is 11.8. The lowest BCUT2D eigenvalue weighted by molar-refractivity contribution is 0.0149. The summed E-state index contributed by atoms with van der Waals surface area (Å²) in [6.07, 6.45) is 4.18. The minimum absolute atomic E-state index is 0.00833. The third-order valence-electron chi connectivity index (χ3n) is 4.37. The van der Waals surface area contributed by atoms with E-state index in [0.717, 1.165) is 30.2 Å². The Morgan fingerprint density at radius 1 is 1.24 bits per heavy atom. The van der Waals surface area contributed by atoms with Crippen molar-refractivity contribution < 1.29 is 13.9 Å². The molecule has 0 bridgehead atoms. The number of pyridine rings is 1. The van der Waals surface area contributed by atoms with Crippen LogP contribution in [0.1, 0.15) is 42.5 Å². The van der Waals surface area contributed by atoms with E-state index in [1.165, 1.54) is 12.1 Å². The van der Waals surface area contributed by atoms with Gasteiger partial charge in [-0.3, -0.25) is 4.98 Å². The number of hydrogen-bond donors (Lipinski definition) is 1. The molecule has 2 aromatic rings. The molecular formula is C17H17F2NO. The first-order chi connectivity index (χ1) is 10.0. The zero-order chi connectivity index (χ0) is 15.0. The number of fused-ring (bicyclic) bond motifs is 1. The fourth-order valence-electron chi connectivity index (χ4n) is 3.24. The Hall–Kier alpha value is -1.81. The van der Waals surface area contributed by atoms with E-state index >= 15 is 0 Å². The molecule has 2 atom stereocenters. The molecule has 0 spiro atoms. The van der Waals surface area contributed by atoms with Gasteiger partial charge in [0, 0.05) is 23.4 Å². The molecule has 0 radical (unpaired) electrons. The highest BCUT2D eigenvalue weighted by atomic mass is 19.2. The lowest BCUT2D eigenvalue weighted by Gasteiger charge is -2.36. The fraction of sp³-hybridized carbons (Fsp3) is 0.353. The first kappa shape index (κ1) is 14.1. The van der Waals surface area contributed by atoms with Gasteiger partial charge in [0.05, 0.1) is 5.60 Å². The summed E-state index contributed by atoms with van der Waals surface area (Å²) in [5.74, 6) is -2.26. The van der Waals surface area contributed by atoms with Crippen molar-refractivity contribution in [3.8, 4) is 0 Å². The normalized spacial score (nSPS) is 20.7. The number of halogens is 2. The molecule has 1 aliphatic carbocycles. The highest BCUT2D eigenvalue weighted by molar-refractivity contribution is 5.34. The predicted octanol–water partition coefficient (Wildman–Crippen LogP) is 3.69. The van der Waals surface area contributed by atoms with E-state index in [1.807, 2.05) is 12.1 Å². The third-order valence-corrected chi connectivity index (χ3v) is 4.37. The molecule has 0 amide bonds. The highest BCUT2D eigenvalue weighted by Crippen LogP contribution is 2.44. The van der Waals surface area contributed by atoms with E-state index in [-0.39, 0.29) is 11.5 Å². The molecule has 3 rings (SSSR count). The summed E-state index contributed by atoms with van der Waals surface area (Å²) in [6, 6.07) is 7.76. The van der Waals surface area contributed by atoms with Crippen LogP contribution in [0.5, 0.6) is 0 Å². The minimum Gasteiger partial charge on any atom is -0.385 e. The molecule has 0 saturated heterocycles. The summed E-state index contributed by atoms with van der Waals surface area (Å²) >= 11 is 0. The molecule has 1 heterocycles. The second-order valence-corrected chi connectivity index (χ2v) is 5.74. The molecular weight excluding hydrogens is 272 g/mol. The van der Waals surface area contributed by atoms with Gasteiger partial charge in [-0.25, -0.2) is 8.78 Å². The van der Waals surface area contributed by atoms with Crippen LogP contribution in [0.3, 0.4) is 0 Å². The molecule has 1 aromatic carbocycles. The van der Waals surface area contributed by atoms with Crippen molar-refractivity contribution >= 4 is 0 Å². The Labute approximate surface area is 122 Å². The second-order valence-electron chi connectivity index (χ2n) is 5.74. The average molecular weight is 289 g/mol. The van der Waals surface area contributed by atoms with Gasteiger partial charge >= 0.3 is 0 Å². The van der Waals surface area contributed by atoms with Gasteiger partial charge in [-0.05, 0) is 43.9 Å². The summed E-state index contributed by atoms with van der Waals surface area (Å²) in [4.78, 5) is 4.37. The van der Waals surface area contributed by atoms with E-state index in [2.05, 4.69) is 4.98 Å². The molecule has 4 heteroatoms. The molecule has 0 aliphatic heterocycles. The molecule has 1 N–H and O–H groups in total. The van der Waals surface area contributed by atoms with Crippen molar-refractivity contribution in [1.82, 2.24) is 4.98 Å². The molecule has 1 aliphatic rings. The van der Waals surface area contributed by atoms with Crippen LogP contribution in [0, 0.1) is 11.6 Å². The van der Waals surface area contributed by atoms with Gasteiger partial charge in [0.1, 0.15) is 0 Å². The molecule has 110 valence electrons. The molecule has 2 unspecified atom stereocenters. The topological polar surface area (TPSA) is 33.1 Å². The Bertz CT molecular complexity index is 670. The van der Waals surface area contributed by atoms with Crippen LogP contribution < -0.4 is 0 Å². The van der Waals surface area contributed by atoms with Gasteiger partial charge < -0.3 is 5.11 Å². The molecule has 0 saturated carbocycles. The van der Waals surface area contributed by atoms with Gasteiger partial charge in [0.25, 0.3) is 0 Å². The molecule has 1 aromatic heterocycles. The lowest BCUT2D eigenvalue weighted by atomic mass is 9.73. The van der Waals surface area contributed by atoms with Crippen molar-refractivity contribution in [1.29, 1.82) is 0 Å². The van der Waals surface area contributed by atoms with Crippen molar-refractivity contribution in [3.63, 3.8) is 0 Å². The van der Waals surface area contributed by atoms with Crippen LogP contribution in [0.4, 0.5) is 8.78 Å². The average Bonchev–Trinajstić information content (AvgIpc) is 2.49. The summed E-state index contributed by atoms with van der Waals surface area (Å²) in [5.41, 5.74) is 0.365. The maximum absolute atomic E-state index is 14.1. The zero-order valence-corrected chi connectivity index (χ0v) is 11.8. The van der Waals surface area contributed by atoms with Crippen molar-refractivity contribution in [3.05, 3.63) is 65.0 Å².